The van der Waals surface area contributed by atoms with Gasteiger partial charge in [0.15, 0.2) is 22.8 Å². The Morgan fingerprint density at radius 2 is 2.03 bits per heavy atom. The second-order valence-corrected chi connectivity index (χ2v) is 8.57. The molecule has 11 nitrogen and oxygen atoms in total. The number of benzene rings is 1. The van der Waals surface area contributed by atoms with E-state index in [4.69, 9.17) is 15.7 Å². The first-order valence-electron chi connectivity index (χ1n) is 11.1. The van der Waals surface area contributed by atoms with Gasteiger partial charge in [-0.15, -0.1) is 0 Å². The Balaban J connectivity index is 1.50. The Kier molecular flexibility index (Phi) is 5.55. The molecular formula is C22H27N9O2. The van der Waals surface area contributed by atoms with Crippen LogP contribution in [0, 0.1) is 0 Å². The van der Waals surface area contributed by atoms with Crippen LogP contribution < -0.4 is 21.7 Å². The summed E-state index contributed by atoms with van der Waals surface area (Å²) in [7, 11) is 0. The van der Waals surface area contributed by atoms with Crippen molar-refractivity contribution in [3.05, 3.63) is 46.7 Å². The summed E-state index contributed by atoms with van der Waals surface area (Å²) in [5.74, 6) is 1.14. The van der Waals surface area contributed by atoms with Crippen LogP contribution in [0.4, 0.5) is 11.8 Å². The Morgan fingerprint density at radius 3 is 2.76 bits per heavy atom. The fraction of sp³-hybridized carbons (Fsp3) is 0.409. The fourth-order valence-electron chi connectivity index (χ4n) is 4.08. The van der Waals surface area contributed by atoms with E-state index in [1.807, 2.05) is 24.3 Å². The number of nitrogens with two attached hydrogens (primary N) is 1. The first-order valence-corrected chi connectivity index (χ1v) is 11.1. The van der Waals surface area contributed by atoms with Gasteiger partial charge < -0.3 is 20.5 Å². The number of aromatic amines is 1. The number of hydrogen-bond donors (Lipinski definition) is 3. The van der Waals surface area contributed by atoms with Crippen molar-refractivity contribution in [3.8, 4) is 11.4 Å². The third kappa shape index (κ3) is 4.19. The molecule has 0 spiro atoms. The highest BCUT2D eigenvalue weighted by molar-refractivity contribution is 5.84. The SMILES string of the molecule is CC(C)n1cnc2c(NCc3ccccc3-c3noc(=O)[nH]3)nc(N3CCC(N)CC3)nc21. The van der Waals surface area contributed by atoms with Gasteiger partial charge in [0.1, 0.15) is 0 Å². The number of hydrogen-bond acceptors (Lipinski definition) is 9. The molecule has 1 fully saturated rings. The van der Waals surface area contributed by atoms with E-state index in [1.54, 1.807) is 6.33 Å². The van der Waals surface area contributed by atoms with Crippen molar-refractivity contribution in [2.24, 2.45) is 5.73 Å². The highest BCUT2D eigenvalue weighted by Gasteiger charge is 2.22. The topological polar surface area (TPSA) is 144 Å². The summed E-state index contributed by atoms with van der Waals surface area (Å²) >= 11 is 0. The number of fused-ring (bicyclic) bond motifs is 1. The Morgan fingerprint density at radius 1 is 1.24 bits per heavy atom. The third-order valence-corrected chi connectivity index (χ3v) is 5.95. The summed E-state index contributed by atoms with van der Waals surface area (Å²) in [5.41, 5.74) is 9.31. The molecule has 4 heterocycles. The van der Waals surface area contributed by atoms with Crippen LogP contribution in [0.3, 0.4) is 0 Å². The van der Waals surface area contributed by atoms with Gasteiger partial charge >= 0.3 is 5.76 Å². The van der Waals surface area contributed by atoms with Crippen molar-refractivity contribution in [3.63, 3.8) is 0 Å². The number of H-pyrrole nitrogens is 1. The molecular weight excluding hydrogens is 422 g/mol. The Labute approximate surface area is 190 Å². The molecule has 5 rings (SSSR count). The largest absolute Gasteiger partial charge is 0.439 e. The van der Waals surface area contributed by atoms with Gasteiger partial charge in [-0.05, 0) is 32.3 Å². The number of anilines is 2. The van der Waals surface area contributed by atoms with Crippen LogP contribution in [0.2, 0.25) is 0 Å². The van der Waals surface area contributed by atoms with E-state index in [2.05, 4.69) is 48.3 Å². The minimum atomic E-state index is -0.588. The van der Waals surface area contributed by atoms with Gasteiger partial charge in [-0.1, -0.05) is 29.4 Å². The van der Waals surface area contributed by atoms with Gasteiger partial charge in [0, 0.05) is 37.3 Å². The van der Waals surface area contributed by atoms with E-state index in [0.717, 1.165) is 42.7 Å². The van der Waals surface area contributed by atoms with Crippen molar-refractivity contribution < 1.29 is 4.52 Å². The molecule has 11 heteroatoms. The molecule has 0 saturated carbocycles. The van der Waals surface area contributed by atoms with Crippen molar-refractivity contribution in [2.75, 3.05) is 23.3 Å². The maximum atomic E-state index is 11.4. The number of rotatable bonds is 6. The third-order valence-electron chi connectivity index (χ3n) is 5.95. The number of nitrogens with zero attached hydrogens (tertiary/aromatic N) is 6. The molecule has 1 saturated heterocycles. The lowest BCUT2D eigenvalue weighted by Crippen LogP contribution is -2.40. The second kappa shape index (κ2) is 8.66. The minimum Gasteiger partial charge on any atom is -0.364 e. The fourth-order valence-corrected chi connectivity index (χ4v) is 4.08. The van der Waals surface area contributed by atoms with Crippen LogP contribution >= 0.6 is 0 Å². The standard InChI is InChI=1S/C22H27N9O2/c1-13(2)31-12-25-17-19(26-21(28-20(17)31)30-9-7-15(23)8-10-30)24-11-14-5-3-4-6-16(14)18-27-22(32)33-29-18/h3-6,12-13,15H,7-11,23H2,1-2H3,(H,24,26,28)(H,27,29,32). The molecule has 0 amide bonds. The number of imidazole rings is 1. The van der Waals surface area contributed by atoms with Gasteiger partial charge in [-0.2, -0.15) is 9.97 Å². The molecule has 0 atom stereocenters. The van der Waals surface area contributed by atoms with Crippen molar-refractivity contribution >= 4 is 22.9 Å². The molecule has 33 heavy (non-hydrogen) atoms. The quantitative estimate of drug-likeness (QED) is 0.404. The lowest BCUT2D eigenvalue weighted by atomic mass is 10.1. The molecule has 1 aromatic carbocycles. The number of nitrogens with one attached hydrogen (secondary N) is 2. The zero-order valence-corrected chi connectivity index (χ0v) is 18.7. The monoisotopic (exact) mass is 449 g/mol. The predicted octanol–water partition coefficient (Wildman–Crippen LogP) is 2.29. The molecule has 1 aliphatic heterocycles. The van der Waals surface area contributed by atoms with Crippen LogP contribution in [-0.4, -0.2) is 48.8 Å². The smallest absolute Gasteiger partial charge is 0.364 e. The normalized spacial score (nSPS) is 15.0. The first kappa shape index (κ1) is 21.1. The van der Waals surface area contributed by atoms with E-state index < -0.39 is 5.76 Å². The molecule has 0 aliphatic carbocycles. The van der Waals surface area contributed by atoms with Crippen LogP contribution in [-0.2, 0) is 6.54 Å². The van der Waals surface area contributed by atoms with E-state index in [1.165, 1.54) is 0 Å². The van der Waals surface area contributed by atoms with Crippen LogP contribution in [0.5, 0.6) is 0 Å². The summed E-state index contributed by atoms with van der Waals surface area (Å²) in [6, 6.07) is 8.11. The summed E-state index contributed by atoms with van der Waals surface area (Å²) in [6.07, 6.45) is 3.63. The number of piperidine rings is 1. The molecule has 3 aromatic heterocycles. The van der Waals surface area contributed by atoms with E-state index in [0.29, 0.717) is 29.7 Å². The maximum absolute atomic E-state index is 11.4. The van der Waals surface area contributed by atoms with Crippen LogP contribution in [0.1, 0.15) is 38.3 Å². The zero-order chi connectivity index (χ0) is 22.9. The summed E-state index contributed by atoms with van der Waals surface area (Å²) in [5, 5.41) is 7.26. The van der Waals surface area contributed by atoms with Crippen molar-refractivity contribution in [1.82, 2.24) is 29.7 Å². The second-order valence-electron chi connectivity index (χ2n) is 8.57. The summed E-state index contributed by atoms with van der Waals surface area (Å²) in [4.78, 5) is 30.5. The lowest BCUT2D eigenvalue weighted by Gasteiger charge is -2.30. The zero-order valence-electron chi connectivity index (χ0n) is 18.7. The molecule has 0 radical (unpaired) electrons. The molecule has 4 aromatic rings. The molecule has 1 aliphatic rings. The lowest BCUT2D eigenvalue weighted by molar-refractivity contribution is 0.388. The Bertz CT molecular complexity index is 1310. The maximum Gasteiger partial charge on any atom is 0.439 e. The van der Waals surface area contributed by atoms with Gasteiger partial charge in [0.2, 0.25) is 5.95 Å². The molecule has 4 N–H and O–H groups in total. The van der Waals surface area contributed by atoms with E-state index in [-0.39, 0.29) is 12.1 Å². The van der Waals surface area contributed by atoms with Crippen LogP contribution in [0.15, 0.2) is 39.9 Å². The predicted molar refractivity (Wildman–Crippen MR) is 125 cm³/mol. The molecule has 0 bridgehead atoms. The highest BCUT2D eigenvalue weighted by Crippen LogP contribution is 2.27. The van der Waals surface area contributed by atoms with Gasteiger partial charge in [0.05, 0.1) is 6.33 Å². The minimum absolute atomic E-state index is 0.213. The first-order chi connectivity index (χ1) is 16.0. The van der Waals surface area contributed by atoms with Crippen LogP contribution in [0.25, 0.3) is 22.6 Å². The Hall–Kier alpha value is -3.73. The van der Waals surface area contributed by atoms with Crippen molar-refractivity contribution in [1.29, 1.82) is 0 Å². The average Bonchev–Trinajstić information content (AvgIpc) is 3.44. The summed E-state index contributed by atoms with van der Waals surface area (Å²) in [6.45, 7) is 6.31. The van der Waals surface area contributed by atoms with Gasteiger partial charge in [-0.3, -0.25) is 9.51 Å². The molecule has 0 unspecified atom stereocenters. The molecule has 172 valence electrons. The average molecular weight is 450 g/mol. The van der Waals surface area contributed by atoms with E-state index in [9.17, 15) is 4.79 Å². The van der Waals surface area contributed by atoms with Gasteiger partial charge in [0.25, 0.3) is 0 Å². The number of aromatic nitrogens is 6. The van der Waals surface area contributed by atoms with Crippen molar-refractivity contribution in [2.45, 2.75) is 45.3 Å². The van der Waals surface area contributed by atoms with E-state index >= 15 is 0 Å². The van der Waals surface area contributed by atoms with Gasteiger partial charge in [-0.25, -0.2) is 9.78 Å². The summed E-state index contributed by atoms with van der Waals surface area (Å²) < 4.78 is 6.73. The highest BCUT2D eigenvalue weighted by atomic mass is 16.5.